The van der Waals surface area contributed by atoms with E-state index in [2.05, 4.69) is 15.0 Å². The minimum absolute atomic E-state index is 0.110. The first-order valence-corrected chi connectivity index (χ1v) is 9.71. The summed E-state index contributed by atoms with van der Waals surface area (Å²) in [6.45, 7) is -2.02. The number of carbonyl (C=O) groups is 1. The van der Waals surface area contributed by atoms with Gasteiger partial charge < -0.3 is 14.8 Å². The molecule has 5 nitrogen and oxygen atoms in total. The summed E-state index contributed by atoms with van der Waals surface area (Å²) in [4.78, 5) is 16.2. The van der Waals surface area contributed by atoms with Crippen LogP contribution < -0.4 is 14.8 Å². The maximum Gasteiger partial charge on any atom is 0.387 e. The Bertz CT molecular complexity index is 976. The van der Waals surface area contributed by atoms with Gasteiger partial charge in [0.25, 0.3) is 0 Å². The lowest BCUT2D eigenvalue weighted by Gasteiger charge is -2.06. The molecule has 0 spiro atoms. The molecule has 0 fully saturated rings. The highest BCUT2D eigenvalue weighted by Crippen LogP contribution is 2.16. The van der Waals surface area contributed by atoms with E-state index in [-0.39, 0.29) is 11.7 Å². The van der Waals surface area contributed by atoms with Crippen molar-refractivity contribution >= 4 is 12.0 Å². The Balaban J connectivity index is 1.39. The summed E-state index contributed by atoms with van der Waals surface area (Å²) in [6.07, 6.45) is 5.48. The quantitative estimate of drug-likeness (QED) is 0.482. The fourth-order valence-electron chi connectivity index (χ4n) is 2.71. The Morgan fingerprint density at radius 2 is 1.74 bits per heavy atom. The molecular weight excluding hydrogens is 402 g/mol. The van der Waals surface area contributed by atoms with Crippen molar-refractivity contribution in [3.63, 3.8) is 0 Å². The molecule has 2 aromatic carbocycles. The molecule has 1 N–H and O–H groups in total. The van der Waals surface area contributed by atoms with Crippen LogP contribution in [0.15, 0.2) is 79.0 Å². The minimum Gasteiger partial charge on any atom is -0.487 e. The van der Waals surface area contributed by atoms with E-state index in [9.17, 15) is 13.6 Å². The number of benzene rings is 2. The Labute approximate surface area is 179 Å². The fraction of sp³-hybridized carbons (Fsp3) is 0.167. The SMILES string of the molecule is O=C(/C=C/c1ccc(OCc2ccccn2)cc1)NCCc1ccc(OC(F)F)cc1. The molecule has 3 rings (SSSR count). The highest BCUT2D eigenvalue weighted by molar-refractivity contribution is 5.91. The third kappa shape index (κ3) is 7.89. The van der Waals surface area contributed by atoms with Crippen molar-refractivity contribution < 1.29 is 23.0 Å². The highest BCUT2D eigenvalue weighted by atomic mass is 19.3. The van der Waals surface area contributed by atoms with Gasteiger partial charge in [-0.1, -0.05) is 30.3 Å². The van der Waals surface area contributed by atoms with Gasteiger partial charge in [0.05, 0.1) is 5.69 Å². The van der Waals surface area contributed by atoms with Crippen molar-refractivity contribution in [3.05, 3.63) is 95.8 Å². The molecule has 1 amide bonds. The van der Waals surface area contributed by atoms with Crippen LogP contribution in [0.1, 0.15) is 16.8 Å². The molecule has 0 aliphatic rings. The zero-order chi connectivity index (χ0) is 21.9. The molecule has 0 aliphatic heterocycles. The first kappa shape index (κ1) is 22.0. The minimum atomic E-state index is -2.84. The number of carbonyl (C=O) groups excluding carboxylic acids is 1. The summed E-state index contributed by atoms with van der Waals surface area (Å²) in [5.74, 6) is 0.615. The van der Waals surface area contributed by atoms with Gasteiger partial charge in [0.15, 0.2) is 0 Å². The number of hydrogen-bond acceptors (Lipinski definition) is 4. The smallest absolute Gasteiger partial charge is 0.387 e. The Morgan fingerprint density at radius 1 is 1.00 bits per heavy atom. The number of nitrogens with one attached hydrogen (secondary N) is 1. The predicted octanol–water partition coefficient (Wildman–Crippen LogP) is 4.63. The lowest BCUT2D eigenvalue weighted by molar-refractivity contribution is -0.116. The predicted molar refractivity (Wildman–Crippen MR) is 114 cm³/mol. The van der Waals surface area contributed by atoms with Crippen LogP contribution in [0.4, 0.5) is 8.78 Å². The number of alkyl halides is 2. The van der Waals surface area contributed by atoms with Crippen LogP contribution in [0.3, 0.4) is 0 Å². The van der Waals surface area contributed by atoms with Crippen molar-refractivity contribution in [2.45, 2.75) is 19.6 Å². The number of aromatic nitrogens is 1. The molecule has 7 heteroatoms. The highest BCUT2D eigenvalue weighted by Gasteiger charge is 2.04. The monoisotopic (exact) mass is 424 g/mol. The molecule has 160 valence electrons. The van der Waals surface area contributed by atoms with E-state index in [0.717, 1.165) is 22.6 Å². The average molecular weight is 424 g/mol. The van der Waals surface area contributed by atoms with Gasteiger partial charge in [0.2, 0.25) is 5.91 Å². The van der Waals surface area contributed by atoms with Crippen molar-refractivity contribution in [1.82, 2.24) is 10.3 Å². The normalized spacial score (nSPS) is 10.9. The van der Waals surface area contributed by atoms with Gasteiger partial charge in [0.1, 0.15) is 18.1 Å². The maximum absolute atomic E-state index is 12.1. The summed E-state index contributed by atoms with van der Waals surface area (Å²) >= 11 is 0. The third-order valence-corrected chi connectivity index (χ3v) is 4.28. The number of nitrogens with zero attached hydrogens (tertiary/aromatic N) is 1. The maximum atomic E-state index is 12.1. The van der Waals surface area contributed by atoms with Gasteiger partial charge >= 0.3 is 6.61 Å². The van der Waals surface area contributed by atoms with Gasteiger partial charge in [-0.05, 0) is 60.0 Å². The zero-order valence-corrected chi connectivity index (χ0v) is 16.7. The Kier molecular flexibility index (Phi) is 8.11. The molecule has 0 atom stereocenters. The van der Waals surface area contributed by atoms with Crippen molar-refractivity contribution in [3.8, 4) is 11.5 Å². The topological polar surface area (TPSA) is 60.5 Å². The standard InChI is InChI=1S/C24H22F2N2O3/c25-24(26)31-22-11-6-19(7-12-22)14-16-28-23(29)13-8-18-4-9-21(10-5-18)30-17-20-3-1-2-15-27-20/h1-13,15,24H,14,16-17H2,(H,28,29)/b13-8+. The van der Waals surface area contributed by atoms with E-state index >= 15 is 0 Å². The second-order valence-electron chi connectivity index (χ2n) is 6.58. The van der Waals surface area contributed by atoms with Crippen molar-refractivity contribution in [2.75, 3.05) is 6.54 Å². The lowest BCUT2D eigenvalue weighted by atomic mass is 10.1. The Morgan fingerprint density at radius 3 is 2.42 bits per heavy atom. The van der Waals surface area contributed by atoms with E-state index in [4.69, 9.17) is 4.74 Å². The zero-order valence-electron chi connectivity index (χ0n) is 16.7. The van der Waals surface area contributed by atoms with Crippen LogP contribution in [0, 0.1) is 0 Å². The van der Waals surface area contributed by atoms with Gasteiger partial charge in [-0.2, -0.15) is 8.78 Å². The number of pyridine rings is 1. The summed E-state index contributed by atoms with van der Waals surface area (Å²) in [5.41, 5.74) is 2.63. The summed E-state index contributed by atoms with van der Waals surface area (Å²) < 4.78 is 34.3. The molecule has 0 radical (unpaired) electrons. The molecule has 1 heterocycles. The van der Waals surface area contributed by atoms with E-state index in [1.807, 2.05) is 42.5 Å². The number of rotatable bonds is 10. The van der Waals surface area contributed by atoms with E-state index < -0.39 is 6.61 Å². The first-order chi connectivity index (χ1) is 15.1. The molecule has 0 unspecified atom stereocenters. The van der Waals surface area contributed by atoms with Crippen LogP contribution in [0.5, 0.6) is 11.5 Å². The Hall–Kier alpha value is -3.74. The third-order valence-electron chi connectivity index (χ3n) is 4.28. The largest absolute Gasteiger partial charge is 0.487 e. The van der Waals surface area contributed by atoms with Gasteiger partial charge in [-0.25, -0.2) is 0 Å². The molecule has 0 saturated carbocycles. The fourth-order valence-corrected chi connectivity index (χ4v) is 2.71. The van der Waals surface area contributed by atoms with Gasteiger partial charge in [-0.15, -0.1) is 0 Å². The second kappa shape index (κ2) is 11.4. The first-order valence-electron chi connectivity index (χ1n) is 9.71. The molecule has 0 aliphatic carbocycles. The molecule has 1 aromatic heterocycles. The van der Waals surface area contributed by atoms with Crippen LogP contribution in [-0.4, -0.2) is 24.0 Å². The number of amides is 1. The molecule has 3 aromatic rings. The molecule has 31 heavy (non-hydrogen) atoms. The van der Waals surface area contributed by atoms with Crippen LogP contribution >= 0.6 is 0 Å². The average Bonchev–Trinajstić information content (AvgIpc) is 2.78. The lowest BCUT2D eigenvalue weighted by Crippen LogP contribution is -2.23. The van der Waals surface area contributed by atoms with Crippen molar-refractivity contribution in [1.29, 1.82) is 0 Å². The van der Waals surface area contributed by atoms with Gasteiger partial charge in [0, 0.05) is 18.8 Å². The van der Waals surface area contributed by atoms with Gasteiger partial charge in [-0.3, -0.25) is 9.78 Å². The summed E-state index contributed by atoms with van der Waals surface area (Å²) in [6, 6.07) is 19.4. The molecule has 0 saturated heterocycles. The van der Waals surface area contributed by atoms with Crippen LogP contribution in [-0.2, 0) is 17.8 Å². The van der Waals surface area contributed by atoms with Crippen molar-refractivity contribution in [2.24, 2.45) is 0 Å². The second-order valence-corrected chi connectivity index (χ2v) is 6.58. The number of halogens is 2. The number of ether oxygens (including phenoxy) is 2. The molecular formula is C24H22F2N2O3. The summed E-state index contributed by atoms with van der Waals surface area (Å²) in [7, 11) is 0. The van der Waals surface area contributed by atoms with Crippen LogP contribution in [0.25, 0.3) is 6.08 Å². The number of hydrogen-bond donors (Lipinski definition) is 1. The van der Waals surface area contributed by atoms with E-state index in [1.54, 1.807) is 24.4 Å². The van der Waals surface area contributed by atoms with E-state index in [0.29, 0.717) is 19.6 Å². The van der Waals surface area contributed by atoms with E-state index in [1.165, 1.54) is 18.2 Å². The van der Waals surface area contributed by atoms with Crippen LogP contribution in [0.2, 0.25) is 0 Å². The molecule has 0 bridgehead atoms. The summed E-state index contributed by atoms with van der Waals surface area (Å²) in [5, 5.41) is 2.79.